The zero-order valence-corrected chi connectivity index (χ0v) is 20.8. The fourth-order valence-corrected chi connectivity index (χ4v) is 5.80. The van der Waals surface area contributed by atoms with Crippen molar-refractivity contribution in [1.82, 2.24) is 19.4 Å². The summed E-state index contributed by atoms with van der Waals surface area (Å²) in [4.78, 5) is 27.4. The topological polar surface area (TPSA) is 66.3 Å². The van der Waals surface area contributed by atoms with E-state index in [1.807, 2.05) is 10.6 Å². The molecule has 1 saturated heterocycles. The molecule has 1 N–H and O–H groups in total. The fourth-order valence-electron chi connectivity index (χ4n) is 5.80. The van der Waals surface area contributed by atoms with E-state index in [1.54, 1.807) is 12.3 Å². The van der Waals surface area contributed by atoms with Gasteiger partial charge in [-0.1, -0.05) is 36.4 Å². The Balaban J connectivity index is 1.22. The Morgan fingerprint density at radius 2 is 1.65 bits per heavy atom. The lowest BCUT2D eigenvalue weighted by Gasteiger charge is -2.34. The second-order valence-electron chi connectivity index (χ2n) is 10.1. The normalized spacial score (nSPS) is 17.5. The molecule has 1 unspecified atom stereocenters. The maximum absolute atomic E-state index is 13.2. The minimum Gasteiger partial charge on any atom is -0.369 e. The van der Waals surface area contributed by atoms with E-state index < -0.39 is 0 Å². The van der Waals surface area contributed by atoms with Gasteiger partial charge in [-0.3, -0.25) is 9.36 Å². The number of hydrogen-bond acceptors (Lipinski definition) is 6. The monoisotopic (exact) mass is 488 g/mol. The van der Waals surface area contributed by atoms with Crippen LogP contribution in [0.1, 0.15) is 17.2 Å². The van der Waals surface area contributed by atoms with Gasteiger partial charge in [0.25, 0.3) is 5.56 Å². The molecule has 0 spiro atoms. The number of fused-ring (bicyclic) bond motifs is 1. The van der Waals surface area contributed by atoms with Crippen LogP contribution in [0, 0.1) is 0 Å². The highest BCUT2D eigenvalue weighted by Gasteiger charge is 2.28. The highest BCUT2D eigenvalue weighted by Crippen LogP contribution is 2.39. The van der Waals surface area contributed by atoms with Gasteiger partial charge in [0.15, 0.2) is 0 Å². The molecule has 0 amide bonds. The zero-order chi connectivity index (χ0) is 24.9. The Bertz CT molecular complexity index is 1680. The van der Waals surface area contributed by atoms with E-state index in [-0.39, 0.29) is 11.6 Å². The molecule has 1 aliphatic carbocycles. The molecule has 7 nitrogen and oxygen atoms in total. The number of hydrogen-bond donors (Lipinski definition) is 1. The third-order valence-electron chi connectivity index (χ3n) is 7.77. The van der Waals surface area contributed by atoms with Crippen molar-refractivity contribution in [3.63, 3.8) is 0 Å². The lowest BCUT2D eigenvalue weighted by molar-refractivity contribution is 0.313. The molecule has 0 bridgehead atoms. The van der Waals surface area contributed by atoms with E-state index in [2.05, 4.69) is 87.8 Å². The van der Waals surface area contributed by atoms with Gasteiger partial charge in [0.1, 0.15) is 5.65 Å². The summed E-state index contributed by atoms with van der Waals surface area (Å²) in [6.07, 6.45) is 2.57. The Hall–Kier alpha value is -4.23. The Labute approximate surface area is 215 Å². The average Bonchev–Trinajstić information content (AvgIpc) is 3.29. The molecule has 2 aromatic heterocycles. The van der Waals surface area contributed by atoms with Gasteiger partial charge in [-0.25, -0.2) is 4.98 Å². The Morgan fingerprint density at radius 1 is 0.865 bits per heavy atom. The number of nitrogens with one attached hydrogen (secondary N) is 1. The van der Waals surface area contributed by atoms with Crippen LogP contribution in [-0.4, -0.2) is 52.7 Å². The molecule has 7 heteroatoms. The fraction of sp³-hybridized carbons (Fsp3) is 0.233. The van der Waals surface area contributed by atoms with E-state index in [9.17, 15) is 4.79 Å². The minimum atomic E-state index is -0.0945. The Kier molecular flexibility index (Phi) is 5.18. The highest BCUT2D eigenvalue weighted by atomic mass is 16.1. The molecule has 37 heavy (non-hydrogen) atoms. The first kappa shape index (κ1) is 22.0. The van der Waals surface area contributed by atoms with Crippen molar-refractivity contribution < 1.29 is 0 Å². The van der Waals surface area contributed by atoms with Crippen LogP contribution in [-0.2, 0) is 6.42 Å². The van der Waals surface area contributed by atoms with Crippen LogP contribution < -0.4 is 15.8 Å². The van der Waals surface area contributed by atoms with E-state index >= 15 is 0 Å². The molecule has 0 saturated carbocycles. The van der Waals surface area contributed by atoms with Crippen LogP contribution in [0.5, 0.6) is 0 Å². The van der Waals surface area contributed by atoms with Crippen molar-refractivity contribution in [2.45, 2.75) is 12.5 Å². The maximum Gasteiger partial charge on any atom is 0.252 e. The Morgan fingerprint density at radius 3 is 2.46 bits per heavy atom. The number of rotatable bonds is 4. The van der Waals surface area contributed by atoms with Crippen LogP contribution in [0.25, 0.3) is 21.8 Å². The van der Waals surface area contributed by atoms with Crippen molar-refractivity contribution in [1.29, 1.82) is 0 Å². The van der Waals surface area contributed by atoms with E-state index in [0.717, 1.165) is 43.7 Å². The van der Waals surface area contributed by atoms with Crippen LogP contribution in [0.15, 0.2) is 83.8 Å². The third kappa shape index (κ3) is 3.83. The molecule has 1 atom stereocenters. The molecule has 2 aliphatic rings. The van der Waals surface area contributed by atoms with Gasteiger partial charge in [-0.05, 0) is 65.7 Å². The molecule has 0 radical (unpaired) electrons. The summed E-state index contributed by atoms with van der Waals surface area (Å²) < 4.78 is 1.84. The minimum absolute atomic E-state index is 0.0523. The highest BCUT2D eigenvalue weighted by molar-refractivity contribution is 5.91. The molecule has 7 rings (SSSR count). The number of piperazine rings is 1. The van der Waals surface area contributed by atoms with Gasteiger partial charge < -0.3 is 15.1 Å². The summed E-state index contributed by atoms with van der Waals surface area (Å²) in [6, 6.07) is 24.5. The van der Waals surface area contributed by atoms with Gasteiger partial charge >= 0.3 is 0 Å². The number of benzene rings is 3. The molecule has 5 aromatic rings. The van der Waals surface area contributed by atoms with Gasteiger partial charge in [-0.2, -0.15) is 4.98 Å². The smallest absolute Gasteiger partial charge is 0.252 e. The largest absolute Gasteiger partial charge is 0.369 e. The van der Waals surface area contributed by atoms with Crippen molar-refractivity contribution in [2.24, 2.45) is 0 Å². The van der Waals surface area contributed by atoms with Gasteiger partial charge in [-0.15, -0.1) is 0 Å². The zero-order valence-electron chi connectivity index (χ0n) is 20.8. The van der Waals surface area contributed by atoms with Crippen LogP contribution in [0.2, 0.25) is 0 Å². The second kappa shape index (κ2) is 8.71. The average molecular weight is 489 g/mol. The number of nitrogens with zero attached hydrogens (tertiary/aromatic N) is 5. The molecule has 3 heterocycles. The first-order valence-electron chi connectivity index (χ1n) is 12.8. The van der Waals surface area contributed by atoms with Crippen molar-refractivity contribution in [3.05, 3.63) is 100 Å². The van der Waals surface area contributed by atoms with Crippen LogP contribution in [0.3, 0.4) is 0 Å². The summed E-state index contributed by atoms with van der Waals surface area (Å²) in [5.41, 5.74) is 5.18. The SMILES string of the molecule is CN1CCN(c2ccc(Nc3ncc4ccc(=O)n(C5Cc6cccc7cccc5c67)c4n3)cc2)CC1. The third-order valence-corrected chi connectivity index (χ3v) is 7.77. The predicted molar refractivity (Wildman–Crippen MR) is 149 cm³/mol. The standard InChI is InChI=1S/C30H28N6O/c1-34-14-16-35(17-15-34)24-11-9-23(10-12-24)32-30-31-19-22-8-13-27(37)36(29(22)33-30)26-18-21-6-2-4-20-5-3-7-25(26)28(20)21/h2-13,19,26H,14-18H2,1H3,(H,31,32,33). The lowest BCUT2D eigenvalue weighted by atomic mass is 10.0. The van der Waals surface area contributed by atoms with Crippen LogP contribution in [0.4, 0.5) is 17.3 Å². The van der Waals surface area contributed by atoms with E-state index in [4.69, 9.17) is 4.98 Å². The van der Waals surface area contributed by atoms with Crippen molar-refractivity contribution in [3.8, 4) is 0 Å². The van der Waals surface area contributed by atoms with Gasteiger partial charge in [0.05, 0.1) is 6.04 Å². The summed E-state index contributed by atoms with van der Waals surface area (Å²) >= 11 is 0. The van der Waals surface area contributed by atoms with Crippen LogP contribution >= 0.6 is 0 Å². The first-order valence-corrected chi connectivity index (χ1v) is 12.8. The summed E-state index contributed by atoms with van der Waals surface area (Å²) in [6.45, 7) is 4.22. The number of likely N-dealkylation sites (N-methyl/N-ethyl adjacent to an activating group) is 1. The molecular weight excluding hydrogens is 460 g/mol. The predicted octanol–water partition coefficient (Wildman–Crippen LogP) is 4.59. The van der Waals surface area contributed by atoms with Crippen molar-refractivity contribution >= 4 is 39.1 Å². The number of aromatic nitrogens is 3. The van der Waals surface area contributed by atoms with Gasteiger partial charge in [0.2, 0.25) is 5.95 Å². The maximum atomic E-state index is 13.2. The number of pyridine rings is 1. The van der Waals surface area contributed by atoms with E-state index in [0.29, 0.717) is 11.6 Å². The summed E-state index contributed by atoms with van der Waals surface area (Å²) in [7, 11) is 2.17. The second-order valence-corrected chi connectivity index (χ2v) is 10.1. The van der Waals surface area contributed by atoms with Crippen molar-refractivity contribution in [2.75, 3.05) is 43.4 Å². The molecule has 1 aliphatic heterocycles. The first-order chi connectivity index (χ1) is 18.1. The van der Waals surface area contributed by atoms with E-state index in [1.165, 1.54) is 27.6 Å². The summed E-state index contributed by atoms with van der Waals surface area (Å²) in [5, 5.41) is 6.66. The summed E-state index contributed by atoms with van der Waals surface area (Å²) in [5.74, 6) is 0.480. The quantitative estimate of drug-likeness (QED) is 0.399. The molecule has 3 aromatic carbocycles. The number of anilines is 3. The molecular formula is C30H28N6O. The molecule has 184 valence electrons. The molecule has 1 fully saturated rings. The lowest BCUT2D eigenvalue weighted by Crippen LogP contribution is -2.44. The van der Waals surface area contributed by atoms with Gasteiger partial charge in [0, 0.05) is 55.2 Å².